The van der Waals surface area contributed by atoms with E-state index in [4.69, 9.17) is 5.11 Å². The highest BCUT2D eigenvalue weighted by Crippen LogP contribution is 2.27. The maximum Gasteiger partial charge on any atom is 0.261 e. The number of hydrogen-bond acceptors (Lipinski definition) is 5. The summed E-state index contributed by atoms with van der Waals surface area (Å²) in [6.07, 6.45) is 0. The van der Waals surface area contributed by atoms with E-state index in [-0.39, 0.29) is 18.4 Å². The fraction of sp³-hybridized carbons (Fsp3) is 0.429. The van der Waals surface area contributed by atoms with E-state index in [1.165, 1.54) is 0 Å². The van der Waals surface area contributed by atoms with Gasteiger partial charge in [0.05, 0.1) is 16.8 Å². The average molecular weight is 277 g/mol. The number of benzene rings is 1. The normalized spacial score (nSPS) is 17.2. The van der Waals surface area contributed by atoms with Gasteiger partial charge in [-0.2, -0.15) is 0 Å². The minimum atomic E-state index is -0.290. The number of nitrogens with one attached hydrogen (secondary N) is 2. The molecule has 0 saturated carbocycles. The quantitative estimate of drug-likeness (QED) is 0.628. The van der Waals surface area contributed by atoms with Crippen molar-refractivity contribution in [3.05, 3.63) is 29.3 Å². The second kappa shape index (κ2) is 6.49. The molecule has 20 heavy (non-hydrogen) atoms. The Morgan fingerprint density at radius 2 is 1.85 bits per heavy atom. The molecule has 1 aromatic carbocycles. The predicted octanol–water partition coefficient (Wildman–Crippen LogP) is -0.0216. The van der Waals surface area contributed by atoms with Crippen molar-refractivity contribution in [1.29, 1.82) is 0 Å². The fourth-order valence-electron chi connectivity index (χ4n) is 2.37. The highest BCUT2D eigenvalue weighted by molar-refractivity contribution is 6.23. The lowest BCUT2D eigenvalue weighted by atomic mass is 10.1. The Balaban J connectivity index is 0.000000452. The maximum atomic E-state index is 11.8. The zero-order valence-corrected chi connectivity index (χ0v) is 11.5. The topological polar surface area (TPSA) is 81.7 Å². The molecule has 108 valence electrons. The molecule has 6 heteroatoms. The van der Waals surface area contributed by atoms with Gasteiger partial charge in [-0.15, -0.1) is 0 Å². The van der Waals surface area contributed by atoms with Crippen LogP contribution in [0.15, 0.2) is 18.2 Å². The Labute approximate surface area is 117 Å². The molecule has 0 bridgehead atoms. The van der Waals surface area contributed by atoms with Crippen molar-refractivity contribution in [2.75, 3.05) is 37.7 Å². The molecule has 0 aliphatic carbocycles. The molecule has 0 radical (unpaired) electrons. The Morgan fingerprint density at radius 3 is 2.50 bits per heavy atom. The number of aliphatic hydroxyl groups excluding tert-OH is 1. The van der Waals surface area contributed by atoms with Crippen LogP contribution >= 0.6 is 0 Å². The van der Waals surface area contributed by atoms with Gasteiger partial charge in [0.15, 0.2) is 0 Å². The number of rotatable bonds is 1. The van der Waals surface area contributed by atoms with Gasteiger partial charge in [-0.05, 0) is 19.1 Å². The maximum absolute atomic E-state index is 11.8. The molecule has 2 amide bonds. The lowest BCUT2D eigenvalue weighted by Gasteiger charge is -2.30. The number of carbonyl (C=O) groups is 2. The summed E-state index contributed by atoms with van der Waals surface area (Å²) in [4.78, 5) is 25.5. The lowest BCUT2D eigenvalue weighted by Crippen LogP contribution is -2.44. The van der Waals surface area contributed by atoms with Crippen LogP contribution in [0, 0.1) is 0 Å². The third-order valence-corrected chi connectivity index (χ3v) is 3.20. The monoisotopic (exact) mass is 277 g/mol. The van der Waals surface area contributed by atoms with E-state index >= 15 is 0 Å². The van der Waals surface area contributed by atoms with Gasteiger partial charge in [0, 0.05) is 32.8 Å². The smallest absolute Gasteiger partial charge is 0.261 e. The molecule has 3 N–H and O–H groups in total. The van der Waals surface area contributed by atoms with Crippen molar-refractivity contribution in [2.45, 2.75) is 6.92 Å². The highest BCUT2D eigenvalue weighted by atomic mass is 16.2. The summed E-state index contributed by atoms with van der Waals surface area (Å²) in [5.74, 6) is -0.568. The number of carbonyl (C=O) groups excluding carboxylic acids is 2. The van der Waals surface area contributed by atoms with Crippen molar-refractivity contribution >= 4 is 17.5 Å². The summed E-state index contributed by atoms with van der Waals surface area (Å²) in [5, 5.41) is 13.2. The van der Waals surface area contributed by atoms with Crippen molar-refractivity contribution in [3.63, 3.8) is 0 Å². The molecule has 2 aliphatic heterocycles. The van der Waals surface area contributed by atoms with Crippen LogP contribution in [0.2, 0.25) is 0 Å². The van der Waals surface area contributed by atoms with Crippen LogP contribution in [0.25, 0.3) is 0 Å². The first-order valence-corrected chi connectivity index (χ1v) is 6.74. The third-order valence-electron chi connectivity index (χ3n) is 3.20. The second-order valence-corrected chi connectivity index (χ2v) is 4.54. The Hall–Kier alpha value is -1.92. The van der Waals surface area contributed by atoms with E-state index in [0.29, 0.717) is 11.1 Å². The first-order valence-electron chi connectivity index (χ1n) is 6.74. The number of amides is 2. The number of nitrogens with zero attached hydrogens (tertiary/aromatic N) is 1. The summed E-state index contributed by atoms with van der Waals surface area (Å²) in [6, 6.07) is 5.43. The standard InChI is InChI=1S/C12H13N3O2.C2H6O/c16-11-8-2-1-3-9(10(8)12(17)14-11)15-6-4-13-5-7-15;1-2-3/h1-3,13H,4-7H2,(H,14,16,17);3H,2H2,1H3. The summed E-state index contributed by atoms with van der Waals surface area (Å²) < 4.78 is 0. The van der Waals surface area contributed by atoms with Crippen molar-refractivity contribution < 1.29 is 14.7 Å². The van der Waals surface area contributed by atoms with E-state index in [2.05, 4.69) is 15.5 Å². The Kier molecular flexibility index (Phi) is 4.70. The van der Waals surface area contributed by atoms with Gasteiger partial charge < -0.3 is 15.3 Å². The van der Waals surface area contributed by atoms with Gasteiger partial charge in [-0.3, -0.25) is 14.9 Å². The molecule has 1 fully saturated rings. The number of hydrogen-bond donors (Lipinski definition) is 3. The number of anilines is 1. The molecular formula is C14H19N3O3. The van der Waals surface area contributed by atoms with Gasteiger partial charge in [0.2, 0.25) is 0 Å². The zero-order chi connectivity index (χ0) is 14.5. The molecule has 0 aromatic heterocycles. The largest absolute Gasteiger partial charge is 0.397 e. The first kappa shape index (κ1) is 14.5. The van der Waals surface area contributed by atoms with Crippen molar-refractivity contribution in [3.8, 4) is 0 Å². The number of aliphatic hydroxyl groups is 1. The van der Waals surface area contributed by atoms with Crippen LogP contribution in [-0.4, -0.2) is 49.7 Å². The van der Waals surface area contributed by atoms with E-state index in [0.717, 1.165) is 31.9 Å². The van der Waals surface area contributed by atoms with E-state index < -0.39 is 0 Å². The van der Waals surface area contributed by atoms with Crippen LogP contribution in [0.4, 0.5) is 5.69 Å². The van der Waals surface area contributed by atoms with E-state index in [9.17, 15) is 9.59 Å². The molecule has 1 saturated heterocycles. The van der Waals surface area contributed by atoms with Crippen molar-refractivity contribution in [2.24, 2.45) is 0 Å². The summed E-state index contributed by atoms with van der Waals surface area (Å²) in [7, 11) is 0. The fourth-order valence-corrected chi connectivity index (χ4v) is 2.37. The van der Waals surface area contributed by atoms with Gasteiger partial charge in [0.1, 0.15) is 0 Å². The van der Waals surface area contributed by atoms with Crippen LogP contribution in [0.5, 0.6) is 0 Å². The highest BCUT2D eigenvalue weighted by Gasteiger charge is 2.31. The Bertz CT molecular complexity index is 510. The molecule has 0 atom stereocenters. The van der Waals surface area contributed by atoms with Gasteiger partial charge in [0.25, 0.3) is 11.8 Å². The average Bonchev–Trinajstić information content (AvgIpc) is 2.76. The van der Waals surface area contributed by atoms with Crippen LogP contribution in [-0.2, 0) is 0 Å². The molecule has 0 unspecified atom stereocenters. The minimum absolute atomic E-state index is 0.250. The summed E-state index contributed by atoms with van der Waals surface area (Å²) >= 11 is 0. The van der Waals surface area contributed by atoms with Crippen LogP contribution < -0.4 is 15.5 Å². The van der Waals surface area contributed by atoms with Gasteiger partial charge >= 0.3 is 0 Å². The van der Waals surface area contributed by atoms with Crippen LogP contribution in [0.1, 0.15) is 27.6 Å². The summed E-state index contributed by atoms with van der Waals surface area (Å²) in [5.41, 5.74) is 1.89. The van der Waals surface area contributed by atoms with Gasteiger partial charge in [-0.1, -0.05) is 6.07 Å². The third kappa shape index (κ3) is 2.81. The van der Waals surface area contributed by atoms with Crippen LogP contribution in [0.3, 0.4) is 0 Å². The van der Waals surface area contributed by atoms with E-state index in [1.54, 1.807) is 13.0 Å². The minimum Gasteiger partial charge on any atom is -0.397 e. The number of fused-ring (bicyclic) bond motifs is 1. The number of imide groups is 1. The molecule has 3 rings (SSSR count). The molecule has 2 aliphatic rings. The lowest BCUT2D eigenvalue weighted by molar-refractivity contribution is 0.0880. The first-order chi connectivity index (χ1) is 9.69. The zero-order valence-electron chi connectivity index (χ0n) is 11.5. The van der Waals surface area contributed by atoms with Crippen molar-refractivity contribution in [1.82, 2.24) is 10.6 Å². The van der Waals surface area contributed by atoms with Gasteiger partial charge in [-0.25, -0.2) is 0 Å². The summed E-state index contributed by atoms with van der Waals surface area (Å²) in [6.45, 7) is 5.45. The SMILES string of the molecule is CCO.O=C1NC(=O)c2c1cccc2N1CCNCC1. The molecule has 0 spiro atoms. The molecule has 1 aromatic rings. The molecule has 6 nitrogen and oxygen atoms in total. The molecule has 2 heterocycles. The second-order valence-electron chi connectivity index (χ2n) is 4.54. The predicted molar refractivity (Wildman–Crippen MR) is 76.1 cm³/mol. The molecular weight excluding hydrogens is 258 g/mol. The number of piperazine rings is 1. The Morgan fingerprint density at radius 1 is 1.20 bits per heavy atom. The van der Waals surface area contributed by atoms with E-state index in [1.807, 2.05) is 12.1 Å².